The predicted molar refractivity (Wildman–Crippen MR) is 63.4 cm³/mol. The highest BCUT2D eigenvalue weighted by Gasteiger charge is 2.63. The van der Waals surface area contributed by atoms with Crippen LogP contribution in [0.2, 0.25) is 0 Å². The Hall–Kier alpha value is -0.0400. The van der Waals surface area contributed by atoms with E-state index in [0.717, 1.165) is 12.0 Å². The van der Waals surface area contributed by atoms with Crippen LogP contribution < -0.4 is 5.32 Å². The standard InChI is InChI=1S/C13H27N/c1-7-10(8-2)14-9-11-12(3,4)13(11,5)6/h10-11,14H,7-9H2,1-6H3. The van der Waals surface area contributed by atoms with Gasteiger partial charge in [-0.15, -0.1) is 0 Å². The number of hydrogen-bond donors (Lipinski definition) is 1. The van der Waals surface area contributed by atoms with Gasteiger partial charge in [0.1, 0.15) is 0 Å². The van der Waals surface area contributed by atoms with E-state index in [1.165, 1.54) is 19.4 Å². The van der Waals surface area contributed by atoms with E-state index in [1.54, 1.807) is 0 Å². The van der Waals surface area contributed by atoms with Gasteiger partial charge in [0.2, 0.25) is 0 Å². The molecular formula is C13H27N. The van der Waals surface area contributed by atoms with Crippen LogP contribution in [0.4, 0.5) is 0 Å². The van der Waals surface area contributed by atoms with Crippen molar-refractivity contribution in [3.05, 3.63) is 0 Å². The van der Waals surface area contributed by atoms with Crippen LogP contribution in [0.3, 0.4) is 0 Å². The van der Waals surface area contributed by atoms with Crippen molar-refractivity contribution in [2.24, 2.45) is 16.7 Å². The summed E-state index contributed by atoms with van der Waals surface area (Å²) in [5, 5.41) is 3.69. The molecule has 0 bridgehead atoms. The Bertz CT molecular complexity index is 175. The molecule has 1 saturated carbocycles. The summed E-state index contributed by atoms with van der Waals surface area (Å²) in [4.78, 5) is 0. The van der Waals surface area contributed by atoms with Crippen LogP contribution in [0.1, 0.15) is 54.4 Å². The van der Waals surface area contributed by atoms with Gasteiger partial charge in [-0.05, 0) is 36.1 Å². The highest BCUT2D eigenvalue weighted by Crippen LogP contribution is 2.67. The highest BCUT2D eigenvalue weighted by molar-refractivity contribution is 5.12. The highest BCUT2D eigenvalue weighted by atomic mass is 14.9. The van der Waals surface area contributed by atoms with Gasteiger partial charge in [0.15, 0.2) is 0 Å². The van der Waals surface area contributed by atoms with Gasteiger partial charge >= 0.3 is 0 Å². The predicted octanol–water partition coefficient (Wildman–Crippen LogP) is 3.45. The lowest BCUT2D eigenvalue weighted by molar-refractivity contribution is 0.441. The van der Waals surface area contributed by atoms with Gasteiger partial charge < -0.3 is 5.32 Å². The third-order valence-electron chi connectivity index (χ3n) is 4.92. The van der Waals surface area contributed by atoms with Crippen molar-refractivity contribution in [2.75, 3.05) is 6.54 Å². The molecule has 1 N–H and O–H groups in total. The normalized spacial score (nSPS) is 24.2. The maximum absolute atomic E-state index is 3.69. The lowest BCUT2D eigenvalue weighted by Gasteiger charge is -2.15. The molecule has 0 aliphatic heterocycles. The van der Waals surface area contributed by atoms with Crippen molar-refractivity contribution < 1.29 is 0 Å². The summed E-state index contributed by atoms with van der Waals surface area (Å²) in [6, 6.07) is 0.724. The van der Waals surface area contributed by atoms with Crippen LogP contribution in [0, 0.1) is 16.7 Å². The molecule has 1 aliphatic rings. The minimum absolute atomic E-state index is 0.534. The second-order valence-corrected chi connectivity index (χ2v) is 5.92. The fourth-order valence-electron chi connectivity index (χ4n) is 2.71. The minimum Gasteiger partial charge on any atom is -0.314 e. The second kappa shape index (κ2) is 3.84. The Kier molecular flexibility index (Phi) is 3.30. The molecule has 0 amide bonds. The van der Waals surface area contributed by atoms with E-state index in [4.69, 9.17) is 0 Å². The topological polar surface area (TPSA) is 12.0 Å². The third-order valence-corrected chi connectivity index (χ3v) is 4.92. The maximum Gasteiger partial charge on any atom is 0.00619 e. The first-order chi connectivity index (χ1) is 6.37. The van der Waals surface area contributed by atoms with E-state index < -0.39 is 0 Å². The number of hydrogen-bond acceptors (Lipinski definition) is 1. The Morgan fingerprint density at radius 1 is 1.00 bits per heavy atom. The zero-order chi connectivity index (χ0) is 11.0. The van der Waals surface area contributed by atoms with E-state index in [1.807, 2.05) is 0 Å². The first-order valence-electron chi connectivity index (χ1n) is 6.11. The Labute approximate surface area is 89.7 Å². The van der Waals surface area contributed by atoms with Gasteiger partial charge in [0.25, 0.3) is 0 Å². The largest absolute Gasteiger partial charge is 0.314 e. The lowest BCUT2D eigenvalue weighted by Crippen LogP contribution is -2.30. The zero-order valence-corrected chi connectivity index (χ0v) is 10.8. The molecule has 1 rings (SSSR count). The van der Waals surface area contributed by atoms with Gasteiger partial charge in [0, 0.05) is 6.04 Å². The van der Waals surface area contributed by atoms with Gasteiger partial charge in [0.05, 0.1) is 0 Å². The van der Waals surface area contributed by atoms with Crippen LogP contribution in [-0.2, 0) is 0 Å². The minimum atomic E-state index is 0.534. The molecule has 0 spiro atoms. The fourth-order valence-corrected chi connectivity index (χ4v) is 2.71. The van der Waals surface area contributed by atoms with Gasteiger partial charge in [-0.1, -0.05) is 41.5 Å². The van der Waals surface area contributed by atoms with Crippen LogP contribution >= 0.6 is 0 Å². The van der Waals surface area contributed by atoms with E-state index in [2.05, 4.69) is 46.9 Å². The molecule has 0 heterocycles. The second-order valence-electron chi connectivity index (χ2n) is 5.92. The average Bonchev–Trinajstić information content (AvgIpc) is 2.48. The molecular weight excluding hydrogens is 170 g/mol. The number of rotatable bonds is 5. The smallest absolute Gasteiger partial charge is 0.00619 e. The average molecular weight is 197 g/mol. The summed E-state index contributed by atoms with van der Waals surface area (Å²) in [6.07, 6.45) is 2.51. The van der Waals surface area contributed by atoms with E-state index in [-0.39, 0.29) is 0 Å². The molecule has 0 saturated heterocycles. The molecule has 0 aromatic carbocycles. The molecule has 1 heteroatoms. The lowest BCUT2D eigenvalue weighted by atomic mass is 10.0. The summed E-state index contributed by atoms with van der Waals surface area (Å²) < 4.78 is 0. The molecule has 1 aliphatic carbocycles. The third kappa shape index (κ3) is 1.84. The summed E-state index contributed by atoms with van der Waals surface area (Å²) in [7, 11) is 0. The van der Waals surface area contributed by atoms with Crippen LogP contribution in [0.25, 0.3) is 0 Å². The zero-order valence-electron chi connectivity index (χ0n) is 10.8. The Morgan fingerprint density at radius 2 is 1.43 bits per heavy atom. The Morgan fingerprint density at radius 3 is 1.71 bits per heavy atom. The molecule has 1 nitrogen and oxygen atoms in total. The summed E-state index contributed by atoms with van der Waals surface area (Å²) in [5.74, 6) is 0.857. The van der Waals surface area contributed by atoms with Crippen molar-refractivity contribution in [1.82, 2.24) is 5.32 Å². The molecule has 0 atom stereocenters. The van der Waals surface area contributed by atoms with Crippen molar-refractivity contribution in [2.45, 2.75) is 60.4 Å². The van der Waals surface area contributed by atoms with Gasteiger partial charge in [-0.2, -0.15) is 0 Å². The van der Waals surface area contributed by atoms with Crippen molar-refractivity contribution in [3.63, 3.8) is 0 Å². The SMILES string of the molecule is CCC(CC)NCC1C(C)(C)C1(C)C. The monoisotopic (exact) mass is 197 g/mol. The molecule has 0 aromatic heterocycles. The van der Waals surface area contributed by atoms with Crippen LogP contribution in [-0.4, -0.2) is 12.6 Å². The first kappa shape index (κ1) is 12.0. The van der Waals surface area contributed by atoms with Crippen LogP contribution in [0.15, 0.2) is 0 Å². The maximum atomic E-state index is 3.69. The van der Waals surface area contributed by atoms with Crippen molar-refractivity contribution in [3.8, 4) is 0 Å². The molecule has 0 radical (unpaired) electrons. The molecule has 0 unspecified atom stereocenters. The fraction of sp³-hybridized carbons (Fsp3) is 1.00. The number of nitrogens with one attached hydrogen (secondary N) is 1. The summed E-state index contributed by atoms with van der Waals surface area (Å²) >= 11 is 0. The molecule has 1 fully saturated rings. The molecule has 0 aromatic rings. The Balaban J connectivity index is 2.35. The van der Waals surface area contributed by atoms with E-state index in [0.29, 0.717) is 10.8 Å². The van der Waals surface area contributed by atoms with Gasteiger partial charge in [-0.3, -0.25) is 0 Å². The van der Waals surface area contributed by atoms with Crippen molar-refractivity contribution >= 4 is 0 Å². The van der Waals surface area contributed by atoms with E-state index >= 15 is 0 Å². The first-order valence-corrected chi connectivity index (χ1v) is 6.11. The van der Waals surface area contributed by atoms with Crippen molar-refractivity contribution in [1.29, 1.82) is 0 Å². The van der Waals surface area contributed by atoms with Gasteiger partial charge in [-0.25, -0.2) is 0 Å². The molecule has 84 valence electrons. The molecule has 14 heavy (non-hydrogen) atoms. The van der Waals surface area contributed by atoms with Crippen LogP contribution in [0.5, 0.6) is 0 Å². The van der Waals surface area contributed by atoms with E-state index in [9.17, 15) is 0 Å². The summed E-state index contributed by atoms with van der Waals surface area (Å²) in [5.41, 5.74) is 1.07. The summed E-state index contributed by atoms with van der Waals surface area (Å²) in [6.45, 7) is 15.3. The quantitative estimate of drug-likeness (QED) is 0.712.